The van der Waals surface area contributed by atoms with Crippen molar-refractivity contribution < 1.29 is 14.7 Å². The molecule has 2 aliphatic carbocycles. The van der Waals surface area contributed by atoms with Crippen molar-refractivity contribution in [1.82, 2.24) is 0 Å². The molecule has 0 aromatic heterocycles. The third-order valence-electron chi connectivity index (χ3n) is 4.23. The van der Waals surface area contributed by atoms with E-state index in [9.17, 15) is 14.7 Å². The van der Waals surface area contributed by atoms with Crippen LogP contribution < -0.4 is 5.32 Å². The second-order valence-corrected chi connectivity index (χ2v) is 6.72. The molecule has 1 aromatic rings. The van der Waals surface area contributed by atoms with E-state index in [2.05, 4.69) is 21.2 Å². The first-order valence-electron chi connectivity index (χ1n) is 6.64. The summed E-state index contributed by atoms with van der Waals surface area (Å²) in [5, 5.41) is 12.6. The normalized spacial score (nSPS) is 29.6. The lowest BCUT2D eigenvalue weighted by Gasteiger charge is -2.23. The molecule has 0 radical (unpaired) electrons. The van der Waals surface area contributed by atoms with Gasteiger partial charge >= 0.3 is 5.97 Å². The van der Waals surface area contributed by atoms with Crippen LogP contribution in [0.5, 0.6) is 0 Å². The fraction of sp³-hybridized carbons (Fsp3) is 0.333. The van der Waals surface area contributed by atoms with Gasteiger partial charge in [0.2, 0.25) is 5.91 Å². The van der Waals surface area contributed by atoms with E-state index >= 15 is 0 Å². The van der Waals surface area contributed by atoms with Gasteiger partial charge in [-0.2, -0.15) is 0 Å². The number of rotatable bonds is 3. The minimum Gasteiger partial charge on any atom is -0.481 e. The average molecular weight is 371 g/mol. The van der Waals surface area contributed by atoms with Gasteiger partial charge in [-0.15, -0.1) is 0 Å². The molecule has 0 heterocycles. The Morgan fingerprint density at radius 2 is 1.90 bits per heavy atom. The van der Waals surface area contributed by atoms with Crippen molar-refractivity contribution >= 4 is 45.1 Å². The molecule has 0 unspecified atom stereocenters. The molecule has 1 aromatic carbocycles. The van der Waals surface area contributed by atoms with E-state index in [-0.39, 0.29) is 17.7 Å². The number of carbonyl (C=O) groups excluding carboxylic acids is 1. The lowest BCUT2D eigenvalue weighted by molar-refractivity contribution is -0.146. The van der Waals surface area contributed by atoms with Gasteiger partial charge in [-0.25, -0.2) is 0 Å². The summed E-state index contributed by atoms with van der Waals surface area (Å²) < 4.78 is 0.744. The maximum atomic E-state index is 12.5. The van der Waals surface area contributed by atoms with Gasteiger partial charge < -0.3 is 10.4 Å². The first-order valence-corrected chi connectivity index (χ1v) is 7.81. The third kappa shape index (κ3) is 2.60. The molecule has 0 spiro atoms. The molecule has 1 fully saturated rings. The number of benzene rings is 1. The number of hydrogen-bond donors (Lipinski definition) is 2. The van der Waals surface area contributed by atoms with Gasteiger partial charge in [0.15, 0.2) is 0 Å². The molecule has 110 valence electrons. The van der Waals surface area contributed by atoms with Gasteiger partial charge in [-0.1, -0.05) is 23.8 Å². The first kappa shape index (κ1) is 14.6. The molecule has 0 saturated heterocycles. The summed E-state index contributed by atoms with van der Waals surface area (Å²) in [7, 11) is 0. The predicted octanol–water partition coefficient (Wildman–Crippen LogP) is 3.56. The Hall–Kier alpha value is -1.33. The van der Waals surface area contributed by atoms with Crippen molar-refractivity contribution in [3.8, 4) is 0 Å². The van der Waals surface area contributed by atoms with Crippen LogP contribution in [0.15, 0.2) is 34.8 Å². The van der Waals surface area contributed by atoms with Gasteiger partial charge in [0.25, 0.3) is 0 Å². The van der Waals surface area contributed by atoms with Crippen LogP contribution in [-0.2, 0) is 9.59 Å². The van der Waals surface area contributed by atoms with Crippen LogP contribution in [0, 0.1) is 23.7 Å². The Kier molecular flexibility index (Phi) is 3.80. The van der Waals surface area contributed by atoms with Crippen LogP contribution >= 0.6 is 27.5 Å². The largest absolute Gasteiger partial charge is 0.481 e. The minimum atomic E-state index is -0.902. The zero-order valence-electron chi connectivity index (χ0n) is 10.9. The maximum Gasteiger partial charge on any atom is 0.307 e. The first-order chi connectivity index (χ1) is 9.97. The second kappa shape index (κ2) is 5.46. The standard InChI is InChI=1S/C15H13BrClNO3/c16-10-4-3-9(6-11(10)17)18-14(19)12-7-1-2-8(5-7)13(12)15(20)21/h1-4,6-8,12-13H,5H2,(H,18,19)(H,20,21)/t7-,8-,12+,13+/m0/s1. The van der Waals surface area contributed by atoms with Crippen molar-refractivity contribution in [1.29, 1.82) is 0 Å². The number of fused-ring (bicyclic) bond motifs is 2. The molecular weight excluding hydrogens is 358 g/mol. The number of amides is 1. The Morgan fingerprint density at radius 3 is 2.52 bits per heavy atom. The highest BCUT2D eigenvalue weighted by molar-refractivity contribution is 9.10. The van der Waals surface area contributed by atoms with Gasteiger partial charge in [0.05, 0.1) is 16.9 Å². The van der Waals surface area contributed by atoms with Gasteiger partial charge in [-0.3, -0.25) is 9.59 Å². The van der Waals surface area contributed by atoms with E-state index in [0.29, 0.717) is 10.7 Å². The monoisotopic (exact) mass is 369 g/mol. The summed E-state index contributed by atoms with van der Waals surface area (Å²) in [5.74, 6) is -2.32. The van der Waals surface area contributed by atoms with E-state index in [1.807, 2.05) is 12.2 Å². The molecular formula is C15H13BrClNO3. The average Bonchev–Trinajstić information content (AvgIpc) is 3.03. The highest BCUT2D eigenvalue weighted by Gasteiger charge is 2.51. The van der Waals surface area contributed by atoms with E-state index in [1.54, 1.807) is 18.2 Å². The summed E-state index contributed by atoms with van der Waals surface area (Å²) in [5.41, 5.74) is 0.573. The molecule has 1 saturated carbocycles. The van der Waals surface area contributed by atoms with Crippen molar-refractivity contribution in [2.45, 2.75) is 6.42 Å². The van der Waals surface area contributed by atoms with Gasteiger partial charge in [0.1, 0.15) is 0 Å². The molecule has 21 heavy (non-hydrogen) atoms. The van der Waals surface area contributed by atoms with E-state index < -0.39 is 17.8 Å². The number of anilines is 1. The molecule has 4 nitrogen and oxygen atoms in total. The second-order valence-electron chi connectivity index (χ2n) is 5.46. The fourth-order valence-corrected chi connectivity index (χ4v) is 3.74. The number of allylic oxidation sites excluding steroid dienone is 2. The van der Waals surface area contributed by atoms with E-state index in [0.717, 1.165) is 10.9 Å². The number of nitrogens with one attached hydrogen (secondary N) is 1. The van der Waals surface area contributed by atoms with Crippen LogP contribution in [-0.4, -0.2) is 17.0 Å². The zero-order chi connectivity index (χ0) is 15.1. The third-order valence-corrected chi connectivity index (χ3v) is 5.47. The smallest absolute Gasteiger partial charge is 0.307 e. The number of aliphatic carboxylic acids is 1. The Balaban J connectivity index is 1.80. The van der Waals surface area contributed by atoms with Crippen molar-refractivity contribution in [3.05, 3.63) is 39.8 Å². The number of carbonyl (C=O) groups is 2. The summed E-state index contributed by atoms with van der Waals surface area (Å²) >= 11 is 9.28. The molecule has 2 aliphatic rings. The molecule has 6 heteroatoms. The molecule has 4 atom stereocenters. The molecule has 3 rings (SSSR count). The number of hydrogen-bond acceptors (Lipinski definition) is 2. The highest BCUT2D eigenvalue weighted by atomic mass is 79.9. The summed E-state index contributed by atoms with van der Waals surface area (Å²) in [6, 6.07) is 5.11. The van der Waals surface area contributed by atoms with E-state index in [4.69, 9.17) is 11.6 Å². The number of carboxylic acid groups (broad SMARTS) is 1. The van der Waals surface area contributed by atoms with Crippen molar-refractivity contribution in [3.63, 3.8) is 0 Å². The molecule has 2 bridgehead atoms. The molecule has 2 N–H and O–H groups in total. The number of carboxylic acids is 1. The molecule has 0 aliphatic heterocycles. The zero-order valence-corrected chi connectivity index (χ0v) is 13.3. The maximum absolute atomic E-state index is 12.5. The Bertz CT molecular complexity index is 646. The quantitative estimate of drug-likeness (QED) is 0.800. The Labute approximate surface area is 135 Å². The van der Waals surface area contributed by atoms with Crippen LogP contribution in [0.4, 0.5) is 5.69 Å². The number of halogens is 2. The minimum absolute atomic E-state index is 0.0158. The van der Waals surface area contributed by atoms with Crippen LogP contribution in [0.1, 0.15) is 6.42 Å². The highest BCUT2D eigenvalue weighted by Crippen LogP contribution is 2.48. The van der Waals surface area contributed by atoms with Crippen LogP contribution in [0.2, 0.25) is 5.02 Å². The lowest BCUT2D eigenvalue weighted by Crippen LogP contribution is -2.36. The van der Waals surface area contributed by atoms with Crippen molar-refractivity contribution in [2.75, 3.05) is 5.32 Å². The van der Waals surface area contributed by atoms with Crippen LogP contribution in [0.3, 0.4) is 0 Å². The summed E-state index contributed by atoms with van der Waals surface area (Å²) in [6.07, 6.45) is 4.63. The summed E-state index contributed by atoms with van der Waals surface area (Å²) in [6.45, 7) is 0. The summed E-state index contributed by atoms with van der Waals surface area (Å²) in [4.78, 5) is 23.9. The SMILES string of the molecule is O=C(O)[C@H]1[C@H](C(=O)Nc2ccc(Br)c(Cl)c2)[C@H]2C=C[C@H]1C2. The fourth-order valence-electron chi connectivity index (χ4n) is 3.32. The van der Waals surface area contributed by atoms with Gasteiger partial charge in [-0.05, 0) is 52.4 Å². The van der Waals surface area contributed by atoms with Crippen LogP contribution in [0.25, 0.3) is 0 Å². The van der Waals surface area contributed by atoms with E-state index in [1.165, 1.54) is 0 Å². The Morgan fingerprint density at radius 1 is 1.24 bits per heavy atom. The topological polar surface area (TPSA) is 66.4 Å². The van der Waals surface area contributed by atoms with Crippen molar-refractivity contribution in [2.24, 2.45) is 23.7 Å². The van der Waals surface area contributed by atoms with Gasteiger partial charge in [0, 0.05) is 10.2 Å². The lowest BCUT2D eigenvalue weighted by atomic mass is 9.82. The molecule has 1 amide bonds. The predicted molar refractivity (Wildman–Crippen MR) is 83.1 cm³/mol.